The number of rotatable bonds is 11. The standard InChI is InChI=1S/C15H30N4O/c1-2-3-4-5-6-7-10-18-15(16)19-12-11-17-14(20)13-8-9-13/h13H,2-12H2,1H3,(H,17,20)(H3,16,18,19). The van der Waals surface area contributed by atoms with Crippen molar-refractivity contribution in [1.29, 1.82) is 0 Å². The van der Waals surface area contributed by atoms with Gasteiger partial charge >= 0.3 is 0 Å². The Bertz CT molecular complexity index is 300. The molecule has 0 aliphatic heterocycles. The predicted molar refractivity (Wildman–Crippen MR) is 83.6 cm³/mol. The molecule has 5 nitrogen and oxygen atoms in total. The maximum Gasteiger partial charge on any atom is 0.223 e. The Kier molecular flexibility index (Phi) is 8.83. The maximum atomic E-state index is 11.4. The molecule has 0 aromatic carbocycles. The van der Waals surface area contributed by atoms with Gasteiger partial charge in [-0.2, -0.15) is 0 Å². The number of hydrogen-bond donors (Lipinski definition) is 3. The molecule has 0 aromatic heterocycles. The van der Waals surface area contributed by atoms with Crippen LogP contribution in [0.15, 0.2) is 4.99 Å². The summed E-state index contributed by atoms with van der Waals surface area (Å²) in [4.78, 5) is 15.6. The lowest BCUT2D eigenvalue weighted by Crippen LogP contribution is -2.38. The summed E-state index contributed by atoms with van der Waals surface area (Å²) in [6.07, 6.45) is 9.66. The van der Waals surface area contributed by atoms with Gasteiger partial charge in [-0.1, -0.05) is 39.0 Å². The van der Waals surface area contributed by atoms with E-state index < -0.39 is 0 Å². The number of hydrogen-bond acceptors (Lipinski definition) is 2. The molecule has 5 heteroatoms. The summed E-state index contributed by atoms with van der Waals surface area (Å²) in [6.45, 7) is 4.27. The number of carbonyl (C=O) groups is 1. The predicted octanol–water partition coefficient (Wildman–Crippen LogP) is 1.78. The molecule has 1 saturated carbocycles. The van der Waals surface area contributed by atoms with Crippen LogP contribution in [0.3, 0.4) is 0 Å². The third kappa shape index (κ3) is 8.77. The van der Waals surface area contributed by atoms with E-state index in [2.05, 4.69) is 22.5 Å². The quantitative estimate of drug-likeness (QED) is 0.307. The molecule has 0 unspecified atom stereocenters. The largest absolute Gasteiger partial charge is 0.370 e. The SMILES string of the molecule is CCCCCCCCN=C(N)NCCNC(=O)C1CC1. The van der Waals surface area contributed by atoms with Crippen LogP contribution in [0.25, 0.3) is 0 Å². The van der Waals surface area contributed by atoms with E-state index in [1.54, 1.807) is 0 Å². The van der Waals surface area contributed by atoms with Gasteiger partial charge in [-0.05, 0) is 19.3 Å². The molecule has 0 radical (unpaired) electrons. The van der Waals surface area contributed by atoms with Crippen molar-refractivity contribution >= 4 is 11.9 Å². The lowest BCUT2D eigenvalue weighted by molar-refractivity contribution is -0.122. The molecule has 1 aliphatic carbocycles. The lowest BCUT2D eigenvalue weighted by atomic mass is 10.1. The number of aliphatic imine (C=N–C) groups is 1. The van der Waals surface area contributed by atoms with Gasteiger partial charge in [0.1, 0.15) is 0 Å². The average Bonchev–Trinajstić information content (AvgIpc) is 3.27. The van der Waals surface area contributed by atoms with Crippen molar-refractivity contribution in [3.63, 3.8) is 0 Å². The molecule has 4 N–H and O–H groups in total. The molecule has 0 heterocycles. The molecule has 0 spiro atoms. The van der Waals surface area contributed by atoms with Gasteiger partial charge in [-0.25, -0.2) is 0 Å². The van der Waals surface area contributed by atoms with Crippen molar-refractivity contribution in [3.8, 4) is 0 Å². The number of carbonyl (C=O) groups excluding carboxylic acids is 1. The minimum atomic E-state index is 0.175. The van der Waals surface area contributed by atoms with Crippen LogP contribution in [-0.2, 0) is 4.79 Å². The number of nitrogens with zero attached hydrogens (tertiary/aromatic N) is 1. The summed E-state index contributed by atoms with van der Waals surface area (Å²) < 4.78 is 0. The van der Waals surface area contributed by atoms with Crippen molar-refractivity contribution < 1.29 is 4.79 Å². The third-order valence-corrected chi connectivity index (χ3v) is 3.47. The van der Waals surface area contributed by atoms with Gasteiger partial charge in [-0.3, -0.25) is 9.79 Å². The van der Waals surface area contributed by atoms with Gasteiger partial charge in [-0.15, -0.1) is 0 Å². The van der Waals surface area contributed by atoms with Crippen LogP contribution in [0, 0.1) is 5.92 Å². The Balaban J connectivity index is 1.88. The summed E-state index contributed by atoms with van der Waals surface area (Å²) in [6, 6.07) is 0. The van der Waals surface area contributed by atoms with E-state index in [1.807, 2.05) is 0 Å². The second-order valence-corrected chi connectivity index (χ2v) is 5.53. The second-order valence-electron chi connectivity index (χ2n) is 5.53. The summed E-state index contributed by atoms with van der Waals surface area (Å²) in [5, 5.41) is 5.91. The van der Waals surface area contributed by atoms with E-state index in [1.165, 1.54) is 32.1 Å². The topological polar surface area (TPSA) is 79.5 Å². The summed E-state index contributed by atoms with van der Waals surface area (Å²) in [5.74, 6) is 0.933. The highest BCUT2D eigenvalue weighted by Crippen LogP contribution is 2.28. The van der Waals surface area contributed by atoms with E-state index in [0.29, 0.717) is 19.0 Å². The van der Waals surface area contributed by atoms with Gasteiger partial charge in [0, 0.05) is 25.6 Å². The van der Waals surface area contributed by atoms with Gasteiger partial charge in [0.2, 0.25) is 5.91 Å². The normalized spacial score (nSPS) is 15.2. The first kappa shape index (κ1) is 16.8. The zero-order chi connectivity index (χ0) is 14.6. The van der Waals surface area contributed by atoms with E-state index in [0.717, 1.165) is 25.8 Å². The van der Waals surface area contributed by atoms with Crippen molar-refractivity contribution in [2.75, 3.05) is 19.6 Å². The van der Waals surface area contributed by atoms with E-state index in [4.69, 9.17) is 5.73 Å². The molecule has 0 aromatic rings. The first-order chi connectivity index (χ1) is 9.74. The Hall–Kier alpha value is -1.26. The van der Waals surface area contributed by atoms with Crippen LogP contribution in [0.1, 0.15) is 58.3 Å². The molecule has 1 amide bonds. The van der Waals surface area contributed by atoms with Crippen LogP contribution < -0.4 is 16.4 Å². The lowest BCUT2D eigenvalue weighted by Gasteiger charge is -2.07. The summed E-state index contributed by atoms with van der Waals surface area (Å²) in [7, 11) is 0. The van der Waals surface area contributed by atoms with Crippen LogP contribution in [0.4, 0.5) is 0 Å². The van der Waals surface area contributed by atoms with Crippen molar-refractivity contribution in [2.45, 2.75) is 58.3 Å². The number of nitrogens with two attached hydrogens (primary N) is 1. The van der Waals surface area contributed by atoms with Crippen molar-refractivity contribution in [2.24, 2.45) is 16.6 Å². The first-order valence-corrected chi connectivity index (χ1v) is 8.05. The molecular formula is C15H30N4O. The molecule has 0 bridgehead atoms. The van der Waals surface area contributed by atoms with E-state index >= 15 is 0 Å². The molecule has 0 atom stereocenters. The number of unbranched alkanes of at least 4 members (excludes halogenated alkanes) is 5. The zero-order valence-electron chi connectivity index (χ0n) is 12.8. The third-order valence-electron chi connectivity index (χ3n) is 3.47. The van der Waals surface area contributed by atoms with E-state index in [9.17, 15) is 4.79 Å². The van der Waals surface area contributed by atoms with Crippen LogP contribution in [-0.4, -0.2) is 31.5 Å². The molecule has 116 valence electrons. The number of nitrogens with one attached hydrogen (secondary N) is 2. The average molecular weight is 282 g/mol. The smallest absolute Gasteiger partial charge is 0.223 e. The highest BCUT2D eigenvalue weighted by molar-refractivity contribution is 5.81. The fourth-order valence-corrected chi connectivity index (χ4v) is 2.01. The Morgan fingerprint density at radius 1 is 1.10 bits per heavy atom. The summed E-state index contributed by atoms with van der Waals surface area (Å²) in [5.41, 5.74) is 5.75. The highest BCUT2D eigenvalue weighted by atomic mass is 16.2. The molecule has 0 saturated heterocycles. The number of guanidine groups is 1. The monoisotopic (exact) mass is 282 g/mol. The Morgan fingerprint density at radius 3 is 2.45 bits per heavy atom. The molecule has 20 heavy (non-hydrogen) atoms. The van der Waals surface area contributed by atoms with E-state index in [-0.39, 0.29) is 11.8 Å². The Morgan fingerprint density at radius 2 is 1.75 bits per heavy atom. The fraction of sp³-hybridized carbons (Fsp3) is 0.867. The fourth-order valence-electron chi connectivity index (χ4n) is 2.01. The molecule has 1 fully saturated rings. The minimum Gasteiger partial charge on any atom is -0.370 e. The maximum absolute atomic E-state index is 11.4. The first-order valence-electron chi connectivity index (χ1n) is 8.05. The molecular weight excluding hydrogens is 252 g/mol. The highest BCUT2D eigenvalue weighted by Gasteiger charge is 2.28. The van der Waals surface area contributed by atoms with Gasteiger partial charge < -0.3 is 16.4 Å². The molecule has 1 rings (SSSR count). The van der Waals surface area contributed by atoms with Crippen LogP contribution in [0.5, 0.6) is 0 Å². The molecule has 1 aliphatic rings. The second kappa shape index (κ2) is 10.5. The van der Waals surface area contributed by atoms with Crippen LogP contribution in [0.2, 0.25) is 0 Å². The van der Waals surface area contributed by atoms with Crippen molar-refractivity contribution in [3.05, 3.63) is 0 Å². The summed E-state index contributed by atoms with van der Waals surface area (Å²) >= 11 is 0. The minimum absolute atomic E-state index is 0.175. The Labute approximate surface area is 122 Å². The van der Waals surface area contributed by atoms with Crippen LogP contribution >= 0.6 is 0 Å². The zero-order valence-corrected chi connectivity index (χ0v) is 12.8. The van der Waals surface area contributed by atoms with Crippen molar-refractivity contribution in [1.82, 2.24) is 10.6 Å². The van der Waals surface area contributed by atoms with Gasteiger partial charge in [0.05, 0.1) is 0 Å². The van der Waals surface area contributed by atoms with Gasteiger partial charge in [0.15, 0.2) is 5.96 Å². The number of amides is 1. The van der Waals surface area contributed by atoms with Gasteiger partial charge in [0.25, 0.3) is 0 Å².